The summed E-state index contributed by atoms with van der Waals surface area (Å²) in [6.45, 7) is 0.805. The van der Waals surface area contributed by atoms with Gasteiger partial charge in [0.1, 0.15) is 11.5 Å². The van der Waals surface area contributed by atoms with Crippen LogP contribution >= 0.6 is 0 Å². The van der Waals surface area contributed by atoms with Crippen molar-refractivity contribution in [3.05, 3.63) is 23.7 Å². The molecule has 3 nitrogen and oxygen atoms in total. The summed E-state index contributed by atoms with van der Waals surface area (Å²) in [5.41, 5.74) is 0. The maximum atomic E-state index is 12.1. The molecule has 0 aromatic carbocycles. The third kappa shape index (κ3) is 4.18. The average Bonchev–Trinajstić information content (AvgIpc) is 2.88. The molecule has 1 aromatic rings. The molecule has 2 aliphatic carbocycles. The molecule has 2 fully saturated rings. The lowest BCUT2D eigenvalue weighted by molar-refractivity contribution is 0.457. The van der Waals surface area contributed by atoms with Crippen molar-refractivity contribution in [3.63, 3.8) is 0 Å². The summed E-state index contributed by atoms with van der Waals surface area (Å²) in [7, 11) is -0.762. The Hall–Kier alpha value is -0.610. The minimum atomic E-state index is -0.762. The molecule has 1 unspecified atom stereocenters. The first kappa shape index (κ1) is 13.4. The highest BCUT2D eigenvalue weighted by Crippen LogP contribution is 2.26. The van der Waals surface area contributed by atoms with Crippen LogP contribution in [-0.2, 0) is 23.1 Å². The molecular formula is C15H23NO2S. The van der Waals surface area contributed by atoms with Gasteiger partial charge < -0.3 is 9.73 Å². The lowest BCUT2D eigenvalue weighted by Gasteiger charge is -2.07. The van der Waals surface area contributed by atoms with Crippen LogP contribution in [0.15, 0.2) is 16.5 Å². The van der Waals surface area contributed by atoms with Gasteiger partial charge in [0.2, 0.25) is 0 Å². The van der Waals surface area contributed by atoms with Crippen molar-refractivity contribution < 1.29 is 8.63 Å². The van der Waals surface area contributed by atoms with Crippen LogP contribution in [0.5, 0.6) is 0 Å². The first-order chi connectivity index (χ1) is 9.29. The van der Waals surface area contributed by atoms with Crippen LogP contribution in [0.2, 0.25) is 0 Å². The van der Waals surface area contributed by atoms with E-state index >= 15 is 0 Å². The summed E-state index contributed by atoms with van der Waals surface area (Å²) < 4.78 is 17.8. The molecule has 1 heterocycles. The Balaban J connectivity index is 1.44. The lowest BCUT2D eigenvalue weighted by Crippen LogP contribution is -2.14. The van der Waals surface area contributed by atoms with E-state index in [-0.39, 0.29) is 0 Å². The Morgan fingerprint density at radius 2 is 1.89 bits per heavy atom. The van der Waals surface area contributed by atoms with Gasteiger partial charge in [0.05, 0.1) is 12.3 Å². The second kappa shape index (κ2) is 6.23. The van der Waals surface area contributed by atoms with Crippen molar-refractivity contribution in [3.8, 4) is 0 Å². The average molecular weight is 281 g/mol. The molecule has 4 heteroatoms. The van der Waals surface area contributed by atoms with Crippen molar-refractivity contribution in [2.24, 2.45) is 5.92 Å². The Morgan fingerprint density at radius 3 is 2.63 bits per heavy atom. The molecule has 0 aliphatic heterocycles. The smallest absolute Gasteiger partial charge is 0.118 e. The van der Waals surface area contributed by atoms with Gasteiger partial charge in [-0.05, 0) is 43.7 Å². The van der Waals surface area contributed by atoms with Gasteiger partial charge in [-0.1, -0.05) is 12.8 Å². The summed E-state index contributed by atoms with van der Waals surface area (Å²) in [5.74, 6) is 3.98. The second-order valence-corrected chi connectivity index (χ2v) is 7.43. The number of rotatable bonds is 7. The van der Waals surface area contributed by atoms with Gasteiger partial charge in [0.15, 0.2) is 0 Å². The summed E-state index contributed by atoms with van der Waals surface area (Å²) >= 11 is 0. The van der Waals surface area contributed by atoms with E-state index in [0.29, 0.717) is 17.7 Å². The largest absolute Gasteiger partial charge is 0.464 e. The zero-order valence-corrected chi connectivity index (χ0v) is 12.2. The molecule has 106 valence electrons. The minimum absolute atomic E-state index is 0.583. The Morgan fingerprint density at radius 1 is 1.16 bits per heavy atom. The van der Waals surface area contributed by atoms with E-state index < -0.39 is 10.8 Å². The highest BCUT2D eigenvalue weighted by molar-refractivity contribution is 7.84. The van der Waals surface area contributed by atoms with Crippen LogP contribution in [0, 0.1) is 5.92 Å². The normalized spacial score (nSPS) is 21.9. The van der Waals surface area contributed by atoms with E-state index in [1.165, 1.54) is 38.5 Å². The van der Waals surface area contributed by atoms with Crippen LogP contribution in [0.1, 0.15) is 50.0 Å². The van der Waals surface area contributed by atoms with Crippen LogP contribution in [0.3, 0.4) is 0 Å². The summed E-state index contributed by atoms with van der Waals surface area (Å²) in [4.78, 5) is 0. The molecule has 19 heavy (non-hydrogen) atoms. The second-order valence-electron chi connectivity index (χ2n) is 5.92. The van der Waals surface area contributed by atoms with Crippen molar-refractivity contribution in [2.75, 3.05) is 5.75 Å². The molecule has 1 atom stereocenters. The van der Waals surface area contributed by atoms with Crippen molar-refractivity contribution in [1.29, 1.82) is 0 Å². The van der Waals surface area contributed by atoms with Gasteiger partial charge in [-0.2, -0.15) is 0 Å². The fourth-order valence-corrected chi connectivity index (χ4v) is 4.23. The monoisotopic (exact) mass is 281 g/mol. The Labute approximate surface area is 117 Å². The van der Waals surface area contributed by atoms with E-state index in [1.54, 1.807) is 0 Å². The van der Waals surface area contributed by atoms with E-state index in [9.17, 15) is 4.21 Å². The summed E-state index contributed by atoms with van der Waals surface area (Å²) in [6, 6.07) is 4.69. The molecule has 1 N–H and O–H groups in total. The molecule has 2 saturated carbocycles. The maximum Gasteiger partial charge on any atom is 0.118 e. The molecule has 0 saturated heterocycles. The summed E-state index contributed by atoms with van der Waals surface area (Å²) in [5, 5.41) is 3.43. The molecule has 0 bridgehead atoms. The van der Waals surface area contributed by atoms with E-state index in [1.807, 2.05) is 12.1 Å². The lowest BCUT2D eigenvalue weighted by atomic mass is 10.1. The van der Waals surface area contributed by atoms with Crippen LogP contribution in [0.4, 0.5) is 0 Å². The highest BCUT2D eigenvalue weighted by atomic mass is 32.2. The summed E-state index contributed by atoms with van der Waals surface area (Å²) in [6.07, 6.45) is 7.75. The number of furan rings is 1. The zero-order chi connectivity index (χ0) is 13.1. The van der Waals surface area contributed by atoms with Gasteiger partial charge >= 0.3 is 0 Å². The first-order valence-electron chi connectivity index (χ1n) is 7.45. The molecule has 3 rings (SSSR count). The fraction of sp³-hybridized carbons (Fsp3) is 0.733. The van der Waals surface area contributed by atoms with Crippen LogP contribution in [0.25, 0.3) is 0 Å². The predicted molar refractivity (Wildman–Crippen MR) is 77.2 cm³/mol. The molecule has 1 aromatic heterocycles. The van der Waals surface area contributed by atoms with Gasteiger partial charge in [-0.15, -0.1) is 0 Å². The van der Waals surface area contributed by atoms with Gasteiger partial charge in [0, 0.05) is 22.6 Å². The van der Waals surface area contributed by atoms with E-state index in [4.69, 9.17) is 4.42 Å². The number of hydrogen-bond acceptors (Lipinski definition) is 3. The standard InChI is InChI=1S/C15H23NO2S/c17-19(10-12-3-1-2-4-12)11-15-8-7-14(18-15)9-16-13-5-6-13/h7-8,12-13,16H,1-6,9-11H2. The van der Waals surface area contributed by atoms with E-state index in [2.05, 4.69) is 5.32 Å². The van der Waals surface area contributed by atoms with Crippen LogP contribution in [-0.4, -0.2) is 16.0 Å². The molecule has 0 radical (unpaired) electrons. The first-order valence-corrected chi connectivity index (χ1v) is 8.94. The number of nitrogens with one attached hydrogen (secondary N) is 1. The minimum Gasteiger partial charge on any atom is -0.464 e. The van der Waals surface area contributed by atoms with Crippen LogP contribution < -0.4 is 5.32 Å². The molecule has 2 aliphatic rings. The van der Waals surface area contributed by atoms with Crippen molar-refractivity contribution in [2.45, 2.75) is 56.9 Å². The Kier molecular flexibility index (Phi) is 4.38. The van der Waals surface area contributed by atoms with E-state index in [0.717, 1.165) is 23.8 Å². The van der Waals surface area contributed by atoms with Gasteiger partial charge in [-0.25, -0.2) is 0 Å². The molecular weight excluding hydrogens is 258 g/mol. The number of hydrogen-bond donors (Lipinski definition) is 1. The fourth-order valence-electron chi connectivity index (χ4n) is 2.78. The van der Waals surface area contributed by atoms with Crippen molar-refractivity contribution in [1.82, 2.24) is 5.32 Å². The SMILES string of the molecule is O=S(Cc1ccc(CNC2CC2)o1)CC1CCCC1. The quantitative estimate of drug-likeness (QED) is 0.835. The van der Waals surface area contributed by atoms with Crippen molar-refractivity contribution >= 4 is 10.8 Å². The Bertz CT molecular complexity index is 433. The predicted octanol–water partition coefficient (Wildman–Crippen LogP) is 2.97. The molecule has 0 spiro atoms. The topological polar surface area (TPSA) is 42.2 Å². The third-order valence-corrected chi connectivity index (χ3v) is 5.51. The third-order valence-electron chi connectivity index (χ3n) is 4.06. The zero-order valence-electron chi connectivity index (χ0n) is 11.4. The van der Waals surface area contributed by atoms with Gasteiger partial charge in [0.25, 0.3) is 0 Å². The van der Waals surface area contributed by atoms with Gasteiger partial charge in [-0.3, -0.25) is 4.21 Å². The highest BCUT2D eigenvalue weighted by Gasteiger charge is 2.21. The maximum absolute atomic E-state index is 12.1. The molecule has 0 amide bonds.